The van der Waals surface area contributed by atoms with Crippen molar-refractivity contribution in [2.24, 2.45) is 0 Å². The van der Waals surface area contributed by atoms with Gasteiger partial charge in [-0.1, -0.05) is 12.2 Å². The molecule has 0 amide bonds. The molecule has 1 heterocycles. The molecule has 0 saturated carbocycles. The molecule has 1 aliphatic rings. The maximum Gasteiger partial charge on any atom is 0.335 e. The lowest BCUT2D eigenvalue weighted by Crippen LogP contribution is -2.38. The Balaban J connectivity index is 2.69. The van der Waals surface area contributed by atoms with E-state index in [2.05, 4.69) is 0 Å². The first kappa shape index (κ1) is 16.4. The number of sulfonamides is 1. The van der Waals surface area contributed by atoms with E-state index in [1.54, 1.807) is 19.1 Å². The predicted molar refractivity (Wildman–Crippen MR) is 85.0 cm³/mol. The summed E-state index contributed by atoms with van der Waals surface area (Å²) in [5.41, 5.74) is 0.862. The molecule has 1 aromatic rings. The van der Waals surface area contributed by atoms with Crippen LogP contribution in [0.2, 0.25) is 0 Å². The fraction of sp³-hybridized carbons (Fsp3) is 0.400. The first-order valence-electron chi connectivity index (χ1n) is 6.99. The number of hydrogen-bond donors (Lipinski definition) is 1. The minimum atomic E-state index is -3.45. The predicted octanol–water partition coefficient (Wildman–Crippen LogP) is 2.36. The van der Waals surface area contributed by atoms with E-state index in [0.717, 1.165) is 6.42 Å². The number of benzene rings is 1. The van der Waals surface area contributed by atoms with Crippen LogP contribution in [-0.2, 0) is 10.0 Å². The van der Waals surface area contributed by atoms with Crippen molar-refractivity contribution in [1.29, 1.82) is 0 Å². The van der Waals surface area contributed by atoms with Crippen molar-refractivity contribution >= 4 is 27.8 Å². The largest absolute Gasteiger partial charge is 0.494 e. The Kier molecular flexibility index (Phi) is 4.75. The van der Waals surface area contributed by atoms with Crippen molar-refractivity contribution in [3.63, 3.8) is 0 Å². The first-order valence-corrected chi connectivity index (χ1v) is 8.60. The monoisotopic (exact) mass is 325 g/mol. The van der Waals surface area contributed by atoms with Gasteiger partial charge < -0.3 is 9.84 Å². The third kappa shape index (κ3) is 3.09. The molecule has 0 aromatic heterocycles. The highest BCUT2D eigenvalue weighted by Gasteiger charge is 2.30. The summed E-state index contributed by atoms with van der Waals surface area (Å²) in [5.74, 6) is -0.676. The van der Waals surface area contributed by atoms with Gasteiger partial charge in [-0.05, 0) is 31.9 Å². The highest BCUT2D eigenvalue weighted by atomic mass is 32.2. The summed E-state index contributed by atoms with van der Waals surface area (Å²) >= 11 is 0. The molecule has 1 aliphatic heterocycles. The number of methoxy groups -OCH3 is 1. The molecule has 0 radical (unpaired) electrons. The number of carbonyl (C=O) groups is 1. The number of aromatic carboxylic acids is 1. The number of hydrogen-bond acceptors (Lipinski definition) is 4. The molecule has 2 rings (SSSR count). The number of anilines is 1. The molecule has 1 aromatic carbocycles. The zero-order valence-corrected chi connectivity index (χ0v) is 13.4. The average molecular weight is 325 g/mol. The Morgan fingerprint density at radius 3 is 2.64 bits per heavy atom. The van der Waals surface area contributed by atoms with Crippen molar-refractivity contribution in [2.75, 3.05) is 23.7 Å². The number of rotatable bonds is 4. The topological polar surface area (TPSA) is 83.9 Å². The number of carboxylic acids is 1. The molecular formula is C15H19NO5S. The summed E-state index contributed by atoms with van der Waals surface area (Å²) in [6.07, 6.45) is 4.80. The second-order valence-electron chi connectivity index (χ2n) is 5.02. The van der Waals surface area contributed by atoms with E-state index in [0.29, 0.717) is 24.3 Å². The second-order valence-corrected chi connectivity index (χ2v) is 7.03. The fourth-order valence-corrected chi connectivity index (χ4v) is 4.16. The molecule has 0 unspecified atom stereocenters. The van der Waals surface area contributed by atoms with Crippen molar-refractivity contribution < 1.29 is 23.1 Å². The summed E-state index contributed by atoms with van der Waals surface area (Å²) in [6.45, 7) is 2.13. The normalized spacial score (nSPS) is 17.6. The van der Waals surface area contributed by atoms with E-state index in [9.17, 15) is 18.3 Å². The number of allylic oxidation sites excluding steroid dienone is 1. The van der Waals surface area contributed by atoms with Gasteiger partial charge in [-0.25, -0.2) is 13.2 Å². The van der Waals surface area contributed by atoms with Crippen LogP contribution in [0, 0.1) is 0 Å². The standard InChI is InChI=1S/C15H19NO5S/c1-3-6-11-9-12(15(17)18)10-13(14(11)21-2)16-7-4-5-8-22(16,19)20/h3,6,9-10H,4-5,7-8H2,1-2H3,(H,17,18)/b6-3-. The van der Waals surface area contributed by atoms with Crippen LogP contribution in [0.25, 0.3) is 6.08 Å². The van der Waals surface area contributed by atoms with E-state index in [4.69, 9.17) is 4.74 Å². The zero-order valence-electron chi connectivity index (χ0n) is 12.6. The Bertz CT molecular complexity index is 709. The number of nitrogens with zero attached hydrogens (tertiary/aromatic N) is 1. The van der Waals surface area contributed by atoms with Crippen molar-refractivity contribution in [2.45, 2.75) is 19.8 Å². The molecule has 0 atom stereocenters. The smallest absolute Gasteiger partial charge is 0.335 e. The molecular weight excluding hydrogens is 306 g/mol. The Hall–Kier alpha value is -2.02. The SMILES string of the molecule is C/C=C\c1cc(C(=O)O)cc(N2CCCCS2(=O)=O)c1OC. The summed E-state index contributed by atoms with van der Waals surface area (Å²) in [4.78, 5) is 11.3. The fourth-order valence-electron chi connectivity index (χ4n) is 2.53. The summed E-state index contributed by atoms with van der Waals surface area (Å²) in [6, 6.07) is 2.83. The molecule has 22 heavy (non-hydrogen) atoms. The van der Waals surface area contributed by atoms with Crippen LogP contribution in [0.1, 0.15) is 35.7 Å². The van der Waals surface area contributed by atoms with Gasteiger partial charge in [-0.15, -0.1) is 0 Å². The maximum atomic E-state index is 12.3. The minimum absolute atomic E-state index is 0.0321. The van der Waals surface area contributed by atoms with Gasteiger partial charge in [-0.2, -0.15) is 0 Å². The van der Waals surface area contributed by atoms with Gasteiger partial charge in [-0.3, -0.25) is 4.31 Å². The Morgan fingerprint density at radius 2 is 2.09 bits per heavy atom. The lowest BCUT2D eigenvalue weighted by molar-refractivity contribution is 0.0697. The lowest BCUT2D eigenvalue weighted by atomic mass is 10.1. The molecule has 0 aliphatic carbocycles. The Morgan fingerprint density at radius 1 is 1.36 bits per heavy atom. The van der Waals surface area contributed by atoms with Gasteiger partial charge in [0.15, 0.2) is 0 Å². The van der Waals surface area contributed by atoms with Gasteiger partial charge >= 0.3 is 5.97 Å². The molecule has 1 fully saturated rings. The van der Waals surface area contributed by atoms with Crippen LogP contribution in [0.3, 0.4) is 0 Å². The molecule has 1 saturated heterocycles. The number of carboxylic acid groups (broad SMARTS) is 1. The quantitative estimate of drug-likeness (QED) is 0.918. The Labute approximate surface area is 130 Å². The van der Waals surface area contributed by atoms with Crippen LogP contribution in [0.5, 0.6) is 5.75 Å². The van der Waals surface area contributed by atoms with Gasteiger partial charge in [0.2, 0.25) is 10.0 Å². The van der Waals surface area contributed by atoms with E-state index < -0.39 is 16.0 Å². The molecule has 1 N–H and O–H groups in total. The molecule has 120 valence electrons. The van der Waals surface area contributed by atoms with Crippen LogP contribution in [0.4, 0.5) is 5.69 Å². The lowest BCUT2D eigenvalue weighted by Gasteiger charge is -2.30. The minimum Gasteiger partial charge on any atom is -0.494 e. The van der Waals surface area contributed by atoms with Crippen LogP contribution in [-0.4, -0.2) is 38.9 Å². The highest BCUT2D eigenvalue weighted by molar-refractivity contribution is 7.92. The molecule has 6 nitrogen and oxygen atoms in total. The zero-order chi connectivity index (χ0) is 16.3. The van der Waals surface area contributed by atoms with Crippen LogP contribution in [0.15, 0.2) is 18.2 Å². The van der Waals surface area contributed by atoms with Gasteiger partial charge in [0.05, 0.1) is 24.1 Å². The van der Waals surface area contributed by atoms with E-state index >= 15 is 0 Å². The molecule has 0 bridgehead atoms. The van der Waals surface area contributed by atoms with Crippen LogP contribution >= 0.6 is 0 Å². The van der Waals surface area contributed by atoms with Crippen molar-refractivity contribution in [1.82, 2.24) is 0 Å². The summed E-state index contributed by atoms with van der Waals surface area (Å²) < 4.78 is 31.2. The maximum absolute atomic E-state index is 12.3. The van der Waals surface area contributed by atoms with E-state index in [-0.39, 0.29) is 17.0 Å². The third-order valence-corrected chi connectivity index (χ3v) is 5.37. The summed E-state index contributed by atoms with van der Waals surface area (Å²) in [5, 5.41) is 9.26. The van der Waals surface area contributed by atoms with Gasteiger partial charge in [0.1, 0.15) is 5.75 Å². The van der Waals surface area contributed by atoms with Crippen molar-refractivity contribution in [3.05, 3.63) is 29.3 Å². The molecule has 7 heteroatoms. The highest BCUT2D eigenvalue weighted by Crippen LogP contribution is 2.37. The second kappa shape index (κ2) is 6.39. The average Bonchev–Trinajstić information content (AvgIpc) is 2.46. The van der Waals surface area contributed by atoms with Gasteiger partial charge in [0, 0.05) is 12.1 Å². The third-order valence-electron chi connectivity index (χ3n) is 3.51. The van der Waals surface area contributed by atoms with Crippen molar-refractivity contribution in [3.8, 4) is 5.75 Å². The molecule has 0 spiro atoms. The number of ether oxygens (including phenoxy) is 1. The van der Waals surface area contributed by atoms with Gasteiger partial charge in [0.25, 0.3) is 0 Å². The van der Waals surface area contributed by atoms with Crippen LogP contribution < -0.4 is 9.04 Å². The van der Waals surface area contributed by atoms with E-state index in [1.807, 2.05) is 0 Å². The van der Waals surface area contributed by atoms with E-state index in [1.165, 1.54) is 23.5 Å². The summed E-state index contributed by atoms with van der Waals surface area (Å²) in [7, 11) is -2.00. The first-order chi connectivity index (χ1) is 10.4.